The van der Waals surface area contributed by atoms with Crippen molar-refractivity contribution in [3.8, 4) is 0 Å². The number of carbonyl (C=O) groups is 4. The summed E-state index contributed by atoms with van der Waals surface area (Å²) < 4.78 is 7.77. The molecular formula is C13H20N3O5SSm. The van der Waals surface area contributed by atoms with Crippen LogP contribution in [0.5, 0.6) is 0 Å². The van der Waals surface area contributed by atoms with E-state index in [-0.39, 0.29) is 48.3 Å². The van der Waals surface area contributed by atoms with Gasteiger partial charge in [0.25, 0.3) is 0 Å². The van der Waals surface area contributed by atoms with Crippen molar-refractivity contribution in [2.45, 2.75) is 24.5 Å². The Morgan fingerprint density at radius 1 is 1.30 bits per heavy atom. The molecule has 0 spiro atoms. The molecule has 1 unspecified atom stereocenters. The van der Waals surface area contributed by atoms with Crippen LogP contribution in [0.4, 0.5) is 0 Å². The van der Waals surface area contributed by atoms with E-state index in [4.69, 9.17) is 4.74 Å². The molecule has 1 aliphatic heterocycles. The summed E-state index contributed by atoms with van der Waals surface area (Å²) in [6.45, 7) is 1.06. The molecule has 0 aromatic carbocycles. The zero-order chi connectivity index (χ0) is 17.2. The fourth-order valence-electron chi connectivity index (χ4n) is 1.95. The van der Waals surface area contributed by atoms with Crippen molar-refractivity contribution in [2.75, 3.05) is 32.6 Å². The number of carbonyl (C=O) groups excluding carboxylic acids is 4. The van der Waals surface area contributed by atoms with Crippen LogP contribution in [0.2, 0.25) is 0 Å². The monoisotopic (exact) mass is 482 g/mol. The molecule has 1 heterocycles. The maximum absolute atomic E-state index is 11.9. The summed E-state index contributed by atoms with van der Waals surface area (Å²) in [7, 11) is 0. The van der Waals surface area contributed by atoms with Crippen LogP contribution in [-0.4, -0.2) is 66.3 Å². The number of likely N-dealkylation sites (tertiary alicyclic amines) is 1. The number of ether oxygens (including phenoxy) is 1. The van der Waals surface area contributed by atoms with Gasteiger partial charge in [-0.15, -0.1) is 0 Å². The second-order valence-corrected chi connectivity index (χ2v) is 6.49. The van der Waals surface area contributed by atoms with Gasteiger partial charge in [-0.2, -0.15) is 11.8 Å². The molecular weight excluding hydrogens is 461 g/mol. The molecule has 10 heteroatoms. The predicted octanol–water partition coefficient (Wildman–Crippen LogP) is -1.03. The molecule has 1 aliphatic rings. The van der Waals surface area contributed by atoms with Gasteiger partial charge in [0.2, 0.25) is 11.8 Å². The van der Waals surface area contributed by atoms with Gasteiger partial charge >= 0.3 is 116 Å². The van der Waals surface area contributed by atoms with Crippen molar-refractivity contribution in [3.05, 3.63) is 0 Å². The molecule has 1 atom stereocenters. The standard InChI is InChI=1S/C13H21N3O5S.Sm/c1-22-9-8-12(19)16(13(9)20)5-2-11(18)15-4-7-21-6-3-10(14)17;/h9H,2-8H2,1H3,(H3,14,15,17,18);/q;+1/p-1. The van der Waals surface area contributed by atoms with Crippen LogP contribution >= 0.6 is 11.8 Å². The average molecular weight is 481 g/mol. The number of nitrogens with one attached hydrogen (secondary N) is 2. The molecule has 0 bridgehead atoms. The second-order valence-electron chi connectivity index (χ2n) is 4.80. The summed E-state index contributed by atoms with van der Waals surface area (Å²) in [6.07, 6.45) is 2.38. The predicted molar refractivity (Wildman–Crippen MR) is 79.8 cm³/mol. The number of rotatable bonds is 10. The Morgan fingerprint density at radius 2 is 2.04 bits per heavy atom. The Bertz CT molecular complexity index is 463. The van der Waals surface area contributed by atoms with Crippen LogP contribution in [-0.2, 0) is 23.9 Å². The quantitative estimate of drug-likeness (QED) is 0.306. The molecule has 1 fully saturated rings. The van der Waals surface area contributed by atoms with Crippen LogP contribution in [0.25, 0.3) is 0 Å². The minimum atomic E-state index is -0.319. The van der Waals surface area contributed by atoms with E-state index in [1.807, 2.05) is 0 Å². The van der Waals surface area contributed by atoms with Crippen LogP contribution in [0, 0.1) is 38.7 Å². The van der Waals surface area contributed by atoms with Gasteiger partial charge in [-0.3, -0.25) is 9.59 Å². The van der Waals surface area contributed by atoms with Crippen molar-refractivity contribution in [2.24, 2.45) is 0 Å². The van der Waals surface area contributed by atoms with Crippen LogP contribution in [0.1, 0.15) is 19.3 Å². The van der Waals surface area contributed by atoms with E-state index >= 15 is 0 Å². The largest absolute Gasteiger partial charge is 0.273 e. The van der Waals surface area contributed by atoms with E-state index in [0.717, 1.165) is 43.6 Å². The molecule has 1 saturated heterocycles. The summed E-state index contributed by atoms with van der Waals surface area (Å²) in [4.78, 5) is 47.3. The molecule has 23 heavy (non-hydrogen) atoms. The van der Waals surface area contributed by atoms with E-state index in [1.54, 1.807) is 6.26 Å². The number of imide groups is 1. The van der Waals surface area contributed by atoms with Gasteiger partial charge in [-0.25, -0.2) is 0 Å². The Morgan fingerprint density at radius 3 is 2.65 bits per heavy atom. The first-order valence-corrected chi connectivity index (χ1v) is 9.71. The fourth-order valence-corrected chi connectivity index (χ4v) is 2.92. The average Bonchev–Trinajstić information content (AvgIpc) is 2.82. The Balaban J connectivity index is 2.12. The van der Waals surface area contributed by atoms with Gasteiger partial charge in [0.15, 0.2) is 0 Å². The molecule has 1 rings (SSSR count). The zero-order valence-electron chi connectivity index (χ0n) is 12.8. The van der Waals surface area contributed by atoms with Crippen molar-refractivity contribution in [1.82, 2.24) is 11.7 Å². The second kappa shape index (κ2) is 11.3. The number of amides is 4. The summed E-state index contributed by atoms with van der Waals surface area (Å²) in [5.41, 5.74) is 0. The molecule has 0 radical (unpaired) electrons. The molecule has 8 nitrogen and oxygen atoms in total. The summed E-state index contributed by atoms with van der Waals surface area (Å²) in [6, 6.07) is 0. The third kappa shape index (κ3) is 7.43. The molecule has 0 saturated carbocycles. The Hall–Kier alpha value is -0.272. The maximum Gasteiger partial charge on any atom is 0.242 e. The molecule has 0 aromatic rings. The van der Waals surface area contributed by atoms with Crippen molar-refractivity contribution >= 4 is 35.4 Å². The third-order valence-corrected chi connectivity index (χ3v) is 4.87. The fraction of sp³-hybridized carbons (Fsp3) is 0.692. The summed E-state index contributed by atoms with van der Waals surface area (Å²) in [5.74, 6) is -0.736. The van der Waals surface area contributed by atoms with Crippen LogP contribution in [0.15, 0.2) is 0 Å². The minimum Gasteiger partial charge on any atom is -0.273 e. The molecule has 2 N–H and O–H groups in total. The Kier molecular flexibility index (Phi) is 10.2. The molecule has 129 valence electrons. The van der Waals surface area contributed by atoms with E-state index in [2.05, 4.69) is 6.78 Å². The smallest absolute Gasteiger partial charge is 0.242 e. The number of nitrogens with zero attached hydrogens (tertiary/aromatic N) is 1. The first kappa shape index (κ1) is 20.8. The summed E-state index contributed by atoms with van der Waals surface area (Å²) in [5, 5.41) is 2.33. The molecule has 0 aliphatic carbocycles. The minimum absolute atomic E-state index is 0.0625. The maximum atomic E-state index is 11.9. The van der Waals surface area contributed by atoms with E-state index in [1.165, 1.54) is 11.8 Å². The Labute approximate surface area is 165 Å². The van der Waals surface area contributed by atoms with E-state index < -0.39 is 0 Å². The van der Waals surface area contributed by atoms with E-state index in [9.17, 15) is 19.2 Å². The van der Waals surface area contributed by atoms with Crippen molar-refractivity contribution in [1.29, 1.82) is 0 Å². The van der Waals surface area contributed by atoms with Crippen LogP contribution in [0.3, 0.4) is 0 Å². The first-order valence-electron chi connectivity index (χ1n) is 7.12. The van der Waals surface area contributed by atoms with E-state index in [0.29, 0.717) is 26.2 Å². The van der Waals surface area contributed by atoms with Gasteiger partial charge < -0.3 is 0 Å². The normalized spacial score (nSPS) is 17.4. The van der Waals surface area contributed by atoms with Crippen LogP contribution < -0.4 is 6.78 Å². The van der Waals surface area contributed by atoms with Crippen molar-refractivity contribution < 1.29 is 62.6 Å². The first-order chi connectivity index (χ1) is 11.0. The molecule has 0 aromatic heterocycles. The third-order valence-electron chi connectivity index (χ3n) is 3.21. The zero-order valence-corrected chi connectivity index (χ0v) is 16.3. The van der Waals surface area contributed by atoms with Gasteiger partial charge in [0, 0.05) is 6.42 Å². The number of hydrogen-bond acceptors (Lipinski definition) is 6. The summed E-state index contributed by atoms with van der Waals surface area (Å²) >= 11 is 2.35. The van der Waals surface area contributed by atoms with Crippen molar-refractivity contribution in [3.63, 3.8) is 0 Å². The van der Waals surface area contributed by atoms with Gasteiger partial charge in [-0.1, -0.05) is 0 Å². The number of thioether (sulfide) groups is 1. The number of hydrogen-bond donors (Lipinski definition) is 2. The molecule has 4 amide bonds. The topological polar surface area (TPSA) is 105 Å². The van der Waals surface area contributed by atoms with Gasteiger partial charge in [-0.05, 0) is 6.26 Å². The van der Waals surface area contributed by atoms with Gasteiger partial charge in [0.1, 0.15) is 0 Å². The van der Waals surface area contributed by atoms with Gasteiger partial charge in [0.05, 0.1) is 5.25 Å². The SMILES string of the molecule is CSC1CC(=O)N(CCC(=O)NCCOCCC(=O)[NH][Sm])C1=O.